The minimum absolute atomic E-state index is 0.368. The molecule has 2 heterocycles. The number of amidine groups is 1. The quantitative estimate of drug-likeness (QED) is 0.783. The van der Waals surface area contributed by atoms with E-state index in [1.165, 1.54) is 0 Å². The summed E-state index contributed by atoms with van der Waals surface area (Å²) in [6.45, 7) is 2.88. The number of rotatable bonds is 0. The number of hydrogen-bond acceptors (Lipinski definition) is 4. The molecule has 2 N–H and O–H groups in total. The van der Waals surface area contributed by atoms with Crippen LogP contribution in [0.2, 0.25) is 0 Å². The fourth-order valence-electron chi connectivity index (χ4n) is 3.12. The molecule has 1 spiro atoms. The van der Waals surface area contributed by atoms with Gasteiger partial charge in [-0.2, -0.15) is 0 Å². The Balaban J connectivity index is 2.05. The summed E-state index contributed by atoms with van der Waals surface area (Å²) in [5, 5.41) is 0. The van der Waals surface area contributed by atoms with Crippen molar-refractivity contribution in [3.63, 3.8) is 0 Å². The fraction of sp³-hybridized carbons (Fsp3) is 0.235. The number of aryl methyl sites for hydroxylation is 1. The van der Waals surface area contributed by atoms with Crippen molar-refractivity contribution in [1.29, 1.82) is 0 Å². The van der Waals surface area contributed by atoms with Gasteiger partial charge in [-0.1, -0.05) is 27.6 Å². The van der Waals surface area contributed by atoms with Crippen LogP contribution in [0.15, 0.2) is 45.9 Å². The van der Waals surface area contributed by atoms with Crippen LogP contribution in [0.1, 0.15) is 16.7 Å². The Morgan fingerprint density at radius 2 is 1.86 bits per heavy atom. The molecule has 2 aliphatic heterocycles. The Morgan fingerprint density at radius 1 is 1.14 bits per heavy atom. The average molecular weight is 359 g/mol. The first-order valence-electron chi connectivity index (χ1n) is 7.09. The largest absolute Gasteiger partial charge is 0.457 e. The Hall–Kier alpha value is -1.85. The van der Waals surface area contributed by atoms with Crippen molar-refractivity contribution < 1.29 is 9.47 Å². The first-order chi connectivity index (χ1) is 10.6. The van der Waals surface area contributed by atoms with Crippen molar-refractivity contribution in [3.8, 4) is 11.5 Å². The van der Waals surface area contributed by atoms with Crippen molar-refractivity contribution in [2.75, 3.05) is 13.2 Å². The molecule has 0 amide bonds. The molecule has 0 aliphatic carbocycles. The van der Waals surface area contributed by atoms with E-state index in [1.54, 1.807) is 0 Å². The molecule has 0 saturated carbocycles. The third-order valence-electron chi connectivity index (χ3n) is 4.08. The monoisotopic (exact) mass is 358 g/mol. The van der Waals surface area contributed by atoms with E-state index in [4.69, 9.17) is 20.2 Å². The molecule has 0 bridgehead atoms. The minimum atomic E-state index is -0.638. The molecule has 2 aromatic rings. The molecule has 22 heavy (non-hydrogen) atoms. The SMILES string of the molecule is Cc1ccc2c(c1)C1(COCC(N)=N1)c1cc(Br)ccc1O2. The van der Waals surface area contributed by atoms with Gasteiger partial charge in [0.25, 0.3) is 0 Å². The second-order valence-electron chi connectivity index (χ2n) is 5.70. The van der Waals surface area contributed by atoms with Gasteiger partial charge in [-0.25, -0.2) is 0 Å². The molecule has 0 aromatic heterocycles. The Morgan fingerprint density at radius 3 is 2.64 bits per heavy atom. The van der Waals surface area contributed by atoms with Crippen LogP contribution in [0.3, 0.4) is 0 Å². The van der Waals surface area contributed by atoms with Crippen molar-refractivity contribution in [3.05, 3.63) is 57.6 Å². The summed E-state index contributed by atoms with van der Waals surface area (Å²) in [7, 11) is 0. The zero-order chi connectivity index (χ0) is 15.3. The van der Waals surface area contributed by atoms with E-state index < -0.39 is 5.54 Å². The van der Waals surface area contributed by atoms with Crippen LogP contribution in [-0.4, -0.2) is 19.0 Å². The lowest BCUT2D eigenvalue weighted by molar-refractivity contribution is 0.110. The number of nitrogens with zero attached hydrogens (tertiary/aromatic N) is 1. The highest BCUT2D eigenvalue weighted by atomic mass is 79.9. The van der Waals surface area contributed by atoms with E-state index >= 15 is 0 Å². The highest BCUT2D eigenvalue weighted by Crippen LogP contribution is 2.50. The van der Waals surface area contributed by atoms with E-state index in [0.717, 1.165) is 32.7 Å². The molecule has 1 unspecified atom stereocenters. The predicted octanol–water partition coefficient (Wildman–Crippen LogP) is 3.49. The van der Waals surface area contributed by atoms with Crippen molar-refractivity contribution >= 4 is 21.8 Å². The number of aliphatic imine (C=N–C) groups is 1. The summed E-state index contributed by atoms with van der Waals surface area (Å²) < 4.78 is 12.8. The second kappa shape index (κ2) is 4.83. The van der Waals surface area contributed by atoms with Crippen LogP contribution in [0, 0.1) is 6.92 Å². The van der Waals surface area contributed by atoms with E-state index in [1.807, 2.05) is 30.3 Å². The normalized spacial score (nSPS) is 22.5. The zero-order valence-electron chi connectivity index (χ0n) is 12.1. The lowest BCUT2D eigenvalue weighted by Crippen LogP contribution is -2.42. The number of nitrogens with two attached hydrogens (primary N) is 1. The maximum atomic E-state index is 6.06. The van der Waals surface area contributed by atoms with Gasteiger partial charge in [0.2, 0.25) is 0 Å². The molecule has 112 valence electrons. The fourth-order valence-corrected chi connectivity index (χ4v) is 3.48. The summed E-state index contributed by atoms with van der Waals surface area (Å²) in [5.74, 6) is 2.11. The summed E-state index contributed by atoms with van der Waals surface area (Å²) in [6, 6.07) is 12.1. The summed E-state index contributed by atoms with van der Waals surface area (Å²) in [5.41, 5.74) is 8.49. The van der Waals surface area contributed by atoms with Crippen LogP contribution < -0.4 is 10.5 Å². The number of benzene rings is 2. The molecule has 4 nitrogen and oxygen atoms in total. The van der Waals surface area contributed by atoms with E-state index in [0.29, 0.717) is 19.0 Å². The molecule has 4 rings (SSSR count). The number of fused-ring (bicyclic) bond motifs is 4. The number of ether oxygens (including phenoxy) is 2. The van der Waals surface area contributed by atoms with E-state index in [9.17, 15) is 0 Å². The summed E-state index contributed by atoms with van der Waals surface area (Å²) in [6.07, 6.45) is 0. The number of halogens is 1. The van der Waals surface area contributed by atoms with Gasteiger partial charge in [-0.05, 0) is 37.3 Å². The molecule has 1 atom stereocenters. The summed E-state index contributed by atoms with van der Waals surface area (Å²) >= 11 is 3.53. The average Bonchev–Trinajstić information content (AvgIpc) is 2.49. The van der Waals surface area contributed by atoms with Crippen LogP contribution in [-0.2, 0) is 10.3 Å². The van der Waals surface area contributed by atoms with Crippen molar-refractivity contribution in [2.24, 2.45) is 10.7 Å². The van der Waals surface area contributed by atoms with Gasteiger partial charge in [-0.3, -0.25) is 4.99 Å². The van der Waals surface area contributed by atoms with Gasteiger partial charge in [0.1, 0.15) is 29.5 Å². The lowest BCUT2D eigenvalue weighted by Gasteiger charge is -2.39. The zero-order valence-corrected chi connectivity index (χ0v) is 13.7. The molecule has 2 aromatic carbocycles. The van der Waals surface area contributed by atoms with E-state index in [2.05, 4.69) is 28.9 Å². The highest BCUT2D eigenvalue weighted by molar-refractivity contribution is 9.10. The summed E-state index contributed by atoms with van der Waals surface area (Å²) in [4.78, 5) is 4.81. The second-order valence-corrected chi connectivity index (χ2v) is 6.61. The first-order valence-corrected chi connectivity index (χ1v) is 7.89. The van der Waals surface area contributed by atoms with Gasteiger partial charge in [0, 0.05) is 15.6 Å². The van der Waals surface area contributed by atoms with Crippen LogP contribution >= 0.6 is 15.9 Å². The maximum Gasteiger partial charge on any atom is 0.143 e. The Kier molecular flexibility index (Phi) is 3.03. The van der Waals surface area contributed by atoms with Gasteiger partial charge in [0.15, 0.2) is 0 Å². The standard InChI is InChI=1S/C17H15BrN2O2/c1-10-2-4-14-12(6-10)17(9-21-8-16(19)20-17)13-7-11(18)3-5-15(13)22-14/h2-7H,8-9H2,1H3,(H2,19,20). The smallest absolute Gasteiger partial charge is 0.143 e. The molecule has 2 aliphatic rings. The van der Waals surface area contributed by atoms with Crippen molar-refractivity contribution in [2.45, 2.75) is 12.5 Å². The van der Waals surface area contributed by atoms with Gasteiger partial charge in [-0.15, -0.1) is 0 Å². The molecule has 0 radical (unpaired) electrons. The van der Waals surface area contributed by atoms with Crippen LogP contribution in [0.4, 0.5) is 0 Å². The third-order valence-corrected chi connectivity index (χ3v) is 4.58. The Bertz CT molecular complexity index is 750. The van der Waals surface area contributed by atoms with Crippen molar-refractivity contribution in [1.82, 2.24) is 0 Å². The Labute approximate surface area is 137 Å². The predicted molar refractivity (Wildman–Crippen MR) is 88.6 cm³/mol. The molecular weight excluding hydrogens is 344 g/mol. The number of hydrogen-bond donors (Lipinski definition) is 1. The van der Waals surface area contributed by atoms with Gasteiger partial charge >= 0.3 is 0 Å². The van der Waals surface area contributed by atoms with Gasteiger partial charge < -0.3 is 15.2 Å². The van der Waals surface area contributed by atoms with Gasteiger partial charge in [0.05, 0.1) is 6.61 Å². The van der Waals surface area contributed by atoms with Crippen LogP contribution in [0.25, 0.3) is 0 Å². The lowest BCUT2D eigenvalue weighted by atomic mass is 9.80. The minimum Gasteiger partial charge on any atom is -0.457 e. The van der Waals surface area contributed by atoms with Crippen LogP contribution in [0.5, 0.6) is 11.5 Å². The molecule has 0 saturated heterocycles. The molecule has 0 fully saturated rings. The van der Waals surface area contributed by atoms with E-state index in [-0.39, 0.29) is 0 Å². The molecular formula is C17H15BrN2O2. The highest BCUT2D eigenvalue weighted by Gasteiger charge is 2.44. The maximum absolute atomic E-state index is 6.06. The first kappa shape index (κ1) is 13.8. The third kappa shape index (κ3) is 1.96. The molecule has 5 heteroatoms. The topological polar surface area (TPSA) is 56.8 Å².